The number of hydrogen-bond acceptors (Lipinski definition) is 4. The van der Waals surface area contributed by atoms with Gasteiger partial charge in [0.2, 0.25) is 0 Å². The Morgan fingerprint density at radius 2 is 1.62 bits per heavy atom. The molecule has 1 aliphatic rings. The van der Waals surface area contributed by atoms with E-state index in [1.54, 1.807) is 12.4 Å². The predicted molar refractivity (Wildman–Crippen MR) is 134 cm³/mol. The molecule has 0 aliphatic carbocycles. The molecule has 0 saturated carbocycles. The number of aromatic nitrogens is 2. The highest BCUT2D eigenvalue weighted by Gasteiger charge is 2.34. The van der Waals surface area contributed by atoms with Gasteiger partial charge < -0.3 is 9.72 Å². The van der Waals surface area contributed by atoms with Crippen LogP contribution in [0, 0.1) is 5.82 Å². The fourth-order valence-corrected chi connectivity index (χ4v) is 5.73. The monoisotopic (exact) mass is 462 g/mol. The van der Waals surface area contributed by atoms with E-state index in [0.717, 1.165) is 45.8 Å². The molecule has 0 atom stereocenters. The van der Waals surface area contributed by atoms with Crippen molar-refractivity contribution in [1.29, 1.82) is 0 Å². The first-order chi connectivity index (χ1) is 15.6. The fourth-order valence-electron chi connectivity index (χ4n) is 4.11. The maximum atomic E-state index is 13.5. The van der Waals surface area contributed by atoms with Crippen molar-refractivity contribution in [3.8, 4) is 39.4 Å². The summed E-state index contributed by atoms with van der Waals surface area (Å²) in [6, 6.07) is 19.1. The zero-order valence-electron chi connectivity index (χ0n) is 17.9. The Morgan fingerprint density at radius 3 is 2.34 bits per heavy atom. The molecule has 0 unspecified atom stereocenters. The minimum atomic E-state index is -0.244. The number of hydrogen-bond donors (Lipinski definition) is 1. The number of fused-ring (bicyclic) bond motifs is 1. The van der Waals surface area contributed by atoms with Crippen LogP contribution in [0.15, 0.2) is 73.1 Å². The molecular formula is C26H23FN2OS2. The number of halogens is 1. The molecule has 32 heavy (non-hydrogen) atoms. The number of benzene rings is 2. The number of H-pyrrole nitrogens is 1. The molecule has 0 amide bonds. The van der Waals surface area contributed by atoms with E-state index in [1.807, 2.05) is 47.8 Å². The maximum Gasteiger partial charge on any atom is 0.123 e. The van der Waals surface area contributed by atoms with Crippen LogP contribution in [0.1, 0.15) is 5.56 Å². The summed E-state index contributed by atoms with van der Waals surface area (Å²) in [6.07, 6.45) is 8.83. The van der Waals surface area contributed by atoms with Gasteiger partial charge in [0.1, 0.15) is 18.2 Å². The Kier molecular flexibility index (Phi) is 5.74. The minimum absolute atomic E-state index is 0.0445. The molecule has 0 radical (unpaired) electrons. The van der Waals surface area contributed by atoms with E-state index in [-0.39, 0.29) is 9.90 Å². The second kappa shape index (κ2) is 8.68. The standard InChI is InChI=1S/C26H23FN2OS2/c1-31-26(32-2)15-20-13-19(5-8-24(20)30-16-26)23-14-22(17-9-11-28-12-10-17)25(29-23)18-3-6-21(27)7-4-18/h3-14,29H,15-16H2,1-2H3. The van der Waals surface area contributed by atoms with Crippen LogP contribution >= 0.6 is 23.5 Å². The second-order valence-corrected chi connectivity index (χ2v) is 10.5. The van der Waals surface area contributed by atoms with Gasteiger partial charge in [-0.2, -0.15) is 0 Å². The largest absolute Gasteiger partial charge is 0.491 e. The molecule has 1 N–H and O–H groups in total. The summed E-state index contributed by atoms with van der Waals surface area (Å²) in [5, 5.41) is 0. The molecular weight excluding hydrogens is 439 g/mol. The first kappa shape index (κ1) is 21.2. The normalized spacial score (nSPS) is 14.6. The van der Waals surface area contributed by atoms with Crippen molar-refractivity contribution in [2.24, 2.45) is 0 Å². The summed E-state index contributed by atoms with van der Waals surface area (Å²) >= 11 is 3.71. The van der Waals surface area contributed by atoms with Crippen LogP contribution in [0.25, 0.3) is 33.6 Å². The van der Waals surface area contributed by atoms with Gasteiger partial charge in [0.15, 0.2) is 0 Å². The van der Waals surface area contributed by atoms with Crippen LogP contribution < -0.4 is 4.74 Å². The first-order valence-corrected chi connectivity index (χ1v) is 12.8. The SMILES string of the molecule is CSC1(SC)COc2ccc(-c3cc(-c4ccncc4)c(-c4ccc(F)cc4)[nH]3)cc2C1. The molecule has 0 spiro atoms. The van der Waals surface area contributed by atoms with Gasteiger partial charge in [0, 0.05) is 30.1 Å². The van der Waals surface area contributed by atoms with Gasteiger partial charge in [-0.3, -0.25) is 4.98 Å². The molecule has 4 aromatic rings. The van der Waals surface area contributed by atoms with Crippen LogP contribution in [0.4, 0.5) is 4.39 Å². The van der Waals surface area contributed by atoms with Gasteiger partial charge >= 0.3 is 0 Å². The third-order valence-electron chi connectivity index (χ3n) is 5.96. The lowest BCUT2D eigenvalue weighted by molar-refractivity contribution is 0.283. The maximum absolute atomic E-state index is 13.5. The van der Waals surface area contributed by atoms with Gasteiger partial charge in [-0.25, -0.2) is 4.39 Å². The lowest BCUT2D eigenvalue weighted by atomic mass is 10.00. The summed E-state index contributed by atoms with van der Waals surface area (Å²) in [6.45, 7) is 0.713. The Labute approximate surface area is 195 Å². The van der Waals surface area contributed by atoms with E-state index in [9.17, 15) is 4.39 Å². The average molecular weight is 463 g/mol. The van der Waals surface area contributed by atoms with Crippen LogP contribution in [0.5, 0.6) is 5.75 Å². The number of rotatable bonds is 5. The Balaban J connectivity index is 1.60. The minimum Gasteiger partial charge on any atom is -0.491 e. The molecule has 0 bridgehead atoms. The molecule has 0 saturated heterocycles. The van der Waals surface area contributed by atoms with E-state index >= 15 is 0 Å². The summed E-state index contributed by atoms with van der Waals surface area (Å²) in [5.74, 6) is 0.721. The molecule has 1 aliphatic heterocycles. The van der Waals surface area contributed by atoms with Gasteiger partial charge in [0.25, 0.3) is 0 Å². The molecule has 2 aromatic heterocycles. The highest BCUT2D eigenvalue weighted by atomic mass is 32.2. The summed E-state index contributed by atoms with van der Waals surface area (Å²) in [5.41, 5.74) is 7.37. The third-order valence-corrected chi connectivity index (χ3v) is 8.98. The van der Waals surface area contributed by atoms with Crippen LogP contribution in [0.2, 0.25) is 0 Å². The van der Waals surface area contributed by atoms with Crippen molar-refractivity contribution in [3.63, 3.8) is 0 Å². The van der Waals surface area contributed by atoms with E-state index < -0.39 is 0 Å². The van der Waals surface area contributed by atoms with Crippen molar-refractivity contribution in [2.45, 2.75) is 10.5 Å². The van der Waals surface area contributed by atoms with Crippen LogP contribution in [0.3, 0.4) is 0 Å². The number of aromatic amines is 1. The Hall–Kier alpha value is -2.70. The predicted octanol–water partition coefficient (Wildman–Crippen LogP) is 6.91. The van der Waals surface area contributed by atoms with Crippen LogP contribution in [-0.4, -0.2) is 33.2 Å². The number of thioether (sulfide) groups is 2. The summed E-state index contributed by atoms with van der Waals surface area (Å²) in [4.78, 5) is 7.74. The molecule has 0 fully saturated rings. The molecule has 2 aromatic carbocycles. The van der Waals surface area contributed by atoms with E-state index in [1.165, 1.54) is 17.7 Å². The van der Waals surface area contributed by atoms with Gasteiger partial charge in [-0.15, -0.1) is 23.5 Å². The first-order valence-electron chi connectivity index (χ1n) is 10.4. The Bertz CT molecular complexity index is 1230. The number of ether oxygens (including phenoxy) is 1. The van der Waals surface area contributed by atoms with Crippen LogP contribution in [-0.2, 0) is 6.42 Å². The van der Waals surface area contributed by atoms with Crippen molar-refractivity contribution in [2.75, 3.05) is 19.1 Å². The number of nitrogens with zero attached hydrogens (tertiary/aromatic N) is 1. The summed E-state index contributed by atoms with van der Waals surface area (Å²) in [7, 11) is 0. The quantitative estimate of drug-likeness (QED) is 0.327. The smallest absolute Gasteiger partial charge is 0.123 e. The van der Waals surface area contributed by atoms with Gasteiger partial charge in [-0.05, 0) is 95.4 Å². The highest BCUT2D eigenvalue weighted by Crippen LogP contribution is 2.44. The molecule has 162 valence electrons. The molecule has 3 heterocycles. The van der Waals surface area contributed by atoms with E-state index in [2.05, 4.69) is 46.7 Å². The van der Waals surface area contributed by atoms with Crippen molar-refractivity contribution >= 4 is 23.5 Å². The molecule has 3 nitrogen and oxygen atoms in total. The molecule has 5 rings (SSSR count). The highest BCUT2D eigenvalue weighted by molar-refractivity contribution is 8.17. The lowest BCUT2D eigenvalue weighted by Gasteiger charge is -2.35. The van der Waals surface area contributed by atoms with Crippen molar-refractivity contribution in [1.82, 2.24) is 9.97 Å². The van der Waals surface area contributed by atoms with Gasteiger partial charge in [0.05, 0.1) is 9.77 Å². The second-order valence-electron chi connectivity index (χ2n) is 7.82. The number of nitrogens with one attached hydrogen (secondary N) is 1. The number of pyridine rings is 1. The fraction of sp³-hybridized carbons (Fsp3) is 0.192. The third kappa shape index (κ3) is 3.93. The molecule has 6 heteroatoms. The zero-order valence-corrected chi connectivity index (χ0v) is 19.5. The average Bonchev–Trinajstić information content (AvgIpc) is 3.30. The van der Waals surface area contributed by atoms with E-state index in [4.69, 9.17) is 4.74 Å². The Morgan fingerprint density at radius 1 is 0.906 bits per heavy atom. The lowest BCUT2D eigenvalue weighted by Crippen LogP contribution is -2.34. The van der Waals surface area contributed by atoms with Gasteiger partial charge in [-0.1, -0.05) is 0 Å². The summed E-state index contributed by atoms with van der Waals surface area (Å²) < 4.78 is 19.7. The topological polar surface area (TPSA) is 37.9 Å². The van der Waals surface area contributed by atoms with E-state index in [0.29, 0.717) is 6.61 Å². The van der Waals surface area contributed by atoms with Crippen molar-refractivity contribution < 1.29 is 9.13 Å². The zero-order chi connectivity index (χ0) is 22.1. The van der Waals surface area contributed by atoms with Crippen molar-refractivity contribution in [3.05, 3.63) is 84.4 Å².